The number of piperazine rings is 1. The topological polar surface area (TPSA) is 35.6 Å². The number of nitrogens with one attached hydrogen (secondary N) is 1. The van der Waals surface area contributed by atoms with Crippen molar-refractivity contribution in [3.05, 3.63) is 57.8 Å². The molecular formula is C18H23N3OS. The lowest BCUT2D eigenvalue weighted by molar-refractivity contribution is 0.135. The fourth-order valence-corrected chi connectivity index (χ4v) is 3.53. The van der Waals surface area contributed by atoms with Crippen LogP contribution >= 0.6 is 11.3 Å². The quantitative estimate of drug-likeness (QED) is 0.936. The van der Waals surface area contributed by atoms with Gasteiger partial charge in [-0.3, -0.25) is 4.90 Å². The van der Waals surface area contributed by atoms with Crippen molar-refractivity contribution in [2.45, 2.75) is 20.0 Å². The number of benzene rings is 1. The van der Waals surface area contributed by atoms with Crippen LogP contribution in [0.4, 0.5) is 4.79 Å². The van der Waals surface area contributed by atoms with Crippen LogP contribution in [-0.2, 0) is 13.1 Å². The molecule has 1 fully saturated rings. The first kappa shape index (κ1) is 16.0. The summed E-state index contributed by atoms with van der Waals surface area (Å²) >= 11 is 1.66. The van der Waals surface area contributed by atoms with Crippen LogP contribution in [0.25, 0.3) is 0 Å². The van der Waals surface area contributed by atoms with Crippen LogP contribution in [-0.4, -0.2) is 42.0 Å². The maximum atomic E-state index is 12.2. The molecule has 2 heterocycles. The molecule has 0 aliphatic carbocycles. The highest BCUT2D eigenvalue weighted by atomic mass is 32.1. The fourth-order valence-electron chi connectivity index (χ4n) is 2.86. The molecule has 0 atom stereocenters. The fraction of sp³-hybridized carbons (Fsp3) is 0.389. The van der Waals surface area contributed by atoms with Gasteiger partial charge >= 0.3 is 6.03 Å². The summed E-state index contributed by atoms with van der Waals surface area (Å²) in [5.74, 6) is 0. The van der Waals surface area contributed by atoms with Crippen molar-refractivity contribution in [3.63, 3.8) is 0 Å². The van der Waals surface area contributed by atoms with Crippen molar-refractivity contribution in [1.82, 2.24) is 15.1 Å². The van der Waals surface area contributed by atoms with Gasteiger partial charge < -0.3 is 10.2 Å². The second-order valence-corrected chi connectivity index (χ2v) is 6.82. The molecule has 5 heteroatoms. The molecule has 1 N–H and O–H groups in total. The van der Waals surface area contributed by atoms with Gasteiger partial charge in [-0.2, -0.15) is 11.3 Å². The Labute approximate surface area is 141 Å². The van der Waals surface area contributed by atoms with Gasteiger partial charge in [0.05, 0.1) is 0 Å². The molecule has 1 saturated heterocycles. The lowest BCUT2D eigenvalue weighted by Crippen LogP contribution is -2.51. The van der Waals surface area contributed by atoms with E-state index in [9.17, 15) is 4.79 Å². The van der Waals surface area contributed by atoms with Gasteiger partial charge in [0, 0.05) is 39.3 Å². The number of thiophene rings is 1. The summed E-state index contributed by atoms with van der Waals surface area (Å²) in [7, 11) is 0. The van der Waals surface area contributed by atoms with E-state index < -0.39 is 0 Å². The number of hydrogen-bond donors (Lipinski definition) is 1. The Hall–Kier alpha value is -1.85. The van der Waals surface area contributed by atoms with Crippen molar-refractivity contribution in [3.8, 4) is 0 Å². The molecule has 1 aromatic heterocycles. The van der Waals surface area contributed by atoms with E-state index in [2.05, 4.69) is 46.8 Å². The number of nitrogens with zero attached hydrogens (tertiary/aromatic N) is 2. The number of urea groups is 1. The zero-order chi connectivity index (χ0) is 16.1. The van der Waals surface area contributed by atoms with Gasteiger partial charge in [0.15, 0.2) is 0 Å². The lowest BCUT2D eigenvalue weighted by Gasteiger charge is -2.34. The number of carbonyl (C=O) groups excluding carboxylic acids is 1. The summed E-state index contributed by atoms with van der Waals surface area (Å²) in [5, 5.41) is 7.10. The maximum Gasteiger partial charge on any atom is 0.317 e. The SMILES string of the molecule is Cc1cccc(CN2CCN(C(=O)NCc3ccsc3)CC2)c1. The first-order chi connectivity index (χ1) is 11.2. The predicted molar refractivity (Wildman–Crippen MR) is 94.6 cm³/mol. The Balaban J connectivity index is 1.43. The Morgan fingerprint density at radius 3 is 2.70 bits per heavy atom. The molecule has 3 rings (SSSR count). The number of carbonyl (C=O) groups is 1. The number of hydrogen-bond acceptors (Lipinski definition) is 3. The molecule has 1 aromatic carbocycles. The van der Waals surface area contributed by atoms with Gasteiger partial charge in [-0.15, -0.1) is 0 Å². The van der Waals surface area contributed by atoms with Crippen LogP contribution in [0, 0.1) is 6.92 Å². The minimum atomic E-state index is 0.0476. The highest BCUT2D eigenvalue weighted by Gasteiger charge is 2.20. The highest BCUT2D eigenvalue weighted by Crippen LogP contribution is 2.11. The monoisotopic (exact) mass is 329 g/mol. The summed E-state index contributed by atoms with van der Waals surface area (Å²) in [4.78, 5) is 16.5. The van der Waals surface area contributed by atoms with Crippen LogP contribution < -0.4 is 5.32 Å². The van der Waals surface area contributed by atoms with Crippen LogP contribution in [0.15, 0.2) is 41.1 Å². The lowest BCUT2D eigenvalue weighted by atomic mass is 10.1. The van der Waals surface area contributed by atoms with Gasteiger partial charge in [0.1, 0.15) is 0 Å². The molecule has 4 nitrogen and oxygen atoms in total. The normalized spacial score (nSPS) is 15.6. The van der Waals surface area contributed by atoms with Crippen LogP contribution in [0.1, 0.15) is 16.7 Å². The van der Waals surface area contributed by atoms with Crippen molar-refractivity contribution >= 4 is 17.4 Å². The average molecular weight is 329 g/mol. The third-order valence-electron chi connectivity index (χ3n) is 4.17. The van der Waals surface area contributed by atoms with E-state index in [1.54, 1.807) is 11.3 Å². The zero-order valence-corrected chi connectivity index (χ0v) is 14.3. The zero-order valence-electron chi connectivity index (χ0n) is 13.5. The minimum Gasteiger partial charge on any atom is -0.334 e. The highest BCUT2D eigenvalue weighted by molar-refractivity contribution is 7.07. The number of aryl methyl sites for hydroxylation is 1. The second kappa shape index (κ2) is 7.62. The molecule has 0 saturated carbocycles. The number of amides is 2. The maximum absolute atomic E-state index is 12.2. The largest absolute Gasteiger partial charge is 0.334 e. The second-order valence-electron chi connectivity index (χ2n) is 6.04. The average Bonchev–Trinajstić information content (AvgIpc) is 3.07. The molecule has 1 aliphatic heterocycles. The van der Waals surface area contributed by atoms with E-state index in [1.165, 1.54) is 16.7 Å². The third kappa shape index (κ3) is 4.56. The molecular weight excluding hydrogens is 306 g/mol. The van der Waals surface area contributed by atoms with Gasteiger partial charge in [-0.1, -0.05) is 29.8 Å². The molecule has 0 unspecified atom stereocenters. The van der Waals surface area contributed by atoms with E-state index >= 15 is 0 Å². The molecule has 122 valence electrons. The molecule has 0 bridgehead atoms. The summed E-state index contributed by atoms with van der Waals surface area (Å²) in [6, 6.07) is 10.7. The Kier molecular flexibility index (Phi) is 5.31. The minimum absolute atomic E-state index is 0.0476. The van der Waals surface area contributed by atoms with Crippen molar-refractivity contribution in [2.24, 2.45) is 0 Å². The van der Waals surface area contributed by atoms with Crippen molar-refractivity contribution < 1.29 is 4.79 Å². The molecule has 23 heavy (non-hydrogen) atoms. The standard InChI is InChI=1S/C18H23N3OS/c1-15-3-2-4-16(11-15)13-20-6-8-21(9-7-20)18(22)19-12-17-5-10-23-14-17/h2-5,10-11,14H,6-9,12-13H2,1H3,(H,19,22). The van der Waals surface area contributed by atoms with Gasteiger partial charge in [-0.05, 0) is 34.9 Å². The van der Waals surface area contributed by atoms with E-state index in [1.807, 2.05) is 16.3 Å². The summed E-state index contributed by atoms with van der Waals surface area (Å²) in [6.45, 7) is 7.15. The molecule has 0 spiro atoms. The van der Waals surface area contributed by atoms with E-state index in [0.29, 0.717) is 6.54 Å². The predicted octanol–water partition coefficient (Wildman–Crippen LogP) is 3.08. The van der Waals surface area contributed by atoms with Gasteiger partial charge in [0.2, 0.25) is 0 Å². The first-order valence-electron chi connectivity index (χ1n) is 8.02. The van der Waals surface area contributed by atoms with Crippen LogP contribution in [0.2, 0.25) is 0 Å². The molecule has 1 aliphatic rings. The van der Waals surface area contributed by atoms with Crippen molar-refractivity contribution in [1.29, 1.82) is 0 Å². The third-order valence-corrected chi connectivity index (χ3v) is 4.90. The number of rotatable bonds is 4. The molecule has 2 aromatic rings. The van der Waals surface area contributed by atoms with Gasteiger partial charge in [-0.25, -0.2) is 4.79 Å². The Morgan fingerprint density at radius 1 is 1.17 bits per heavy atom. The summed E-state index contributed by atoms with van der Waals surface area (Å²) < 4.78 is 0. The van der Waals surface area contributed by atoms with Crippen LogP contribution in [0.5, 0.6) is 0 Å². The van der Waals surface area contributed by atoms with E-state index in [-0.39, 0.29) is 6.03 Å². The summed E-state index contributed by atoms with van der Waals surface area (Å²) in [6.07, 6.45) is 0. The Morgan fingerprint density at radius 2 is 2.00 bits per heavy atom. The van der Waals surface area contributed by atoms with Crippen molar-refractivity contribution in [2.75, 3.05) is 26.2 Å². The van der Waals surface area contributed by atoms with E-state index in [4.69, 9.17) is 0 Å². The van der Waals surface area contributed by atoms with E-state index in [0.717, 1.165) is 32.7 Å². The molecule has 2 amide bonds. The Bertz CT molecular complexity index is 633. The molecule has 0 radical (unpaired) electrons. The summed E-state index contributed by atoms with van der Waals surface area (Å²) in [5.41, 5.74) is 3.82. The smallest absolute Gasteiger partial charge is 0.317 e. The van der Waals surface area contributed by atoms with Gasteiger partial charge in [0.25, 0.3) is 0 Å². The van der Waals surface area contributed by atoms with Crippen LogP contribution in [0.3, 0.4) is 0 Å². The first-order valence-corrected chi connectivity index (χ1v) is 8.97.